The molecule has 2 aromatic rings. The molecule has 1 aromatic heterocycles. The highest BCUT2D eigenvalue weighted by Crippen LogP contribution is 2.16. The fourth-order valence-electron chi connectivity index (χ4n) is 2.95. The molecule has 1 aromatic carbocycles. The number of likely N-dealkylation sites (tertiary alicyclic amines) is 1. The monoisotopic (exact) mass is 284 g/mol. The highest BCUT2D eigenvalue weighted by atomic mass is 15.1. The number of aromatic nitrogens is 2. The summed E-state index contributed by atoms with van der Waals surface area (Å²) in [5.41, 5.74) is 5.25. The molecule has 1 aliphatic rings. The van der Waals surface area contributed by atoms with E-state index in [0.29, 0.717) is 0 Å². The zero-order valence-electron chi connectivity index (χ0n) is 12.7. The number of hydrogen-bond donors (Lipinski definition) is 2. The lowest BCUT2D eigenvalue weighted by molar-refractivity contribution is 0.330. The van der Waals surface area contributed by atoms with Crippen LogP contribution in [0.15, 0.2) is 30.5 Å². The first-order valence-corrected chi connectivity index (χ1v) is 7.81. The van der Waals surface area contributed by atoms with Crippen LogP contribution in [0.3, 0.4) is 0 Å². The van der Waals surface area contributed by atoms with Crippen LogP contribution >= 0.6 is 0 Å². The molecule has 0 atom stereocenters. The molecule has 1 aliphatic heterocycles. The van der Waals surface area contributed by atoms with Gasteiger partial charge in [-0.2, -0.15) is 5.10 Å². The molecular formula is C17H24N4. The second-order valence-electron chi connectivity index (χ2n) is 5.88. The standard InChI is InChI=1S/C17H24N4/c1-14-17(12-19-20-14)11-18-10-15-6-2-3-7-16(15)13-21-8-4-5-9-21/h2-3,6-7,12,18H,4-5,8-11,13H2,1H3,(H,19,20). The lowest BCUT2D eigenvalue weighted by Crippen LogP contribution is -2.21. The Bertz CT molecular complexity index is 570. The maximum atomic E-state index is 4.06. The van der Waals surface area contributed by atoms with E-state index in [1.54, 1.807) is 0 Å². The van der Waals surface area contributed by atoms with Crippen LogP contribution in [0, 0.1) is 6.92 Å². The van der Waals surface area contributed by atoms with Gasteiger partial charge >= 0.3 is 0 Å². The van der Waals surface area contributed by atoms with Gasteiger partial charge in [0.05, 0.1) is 6.20 Å². The van der Waals surface area contributed by atoms with Gasteiger partial charge < -0.3 is 5.32 Å². The third-order valence-corrected chi connectivity index (χ3v) is 4.28. The molecule has 0 unspecified atom stereocenters. The molecule has 0 spiro atoms. The number of hydrogen-bond acceptors (Lipinski definition) is 3. The normalized spacial score (nSPS) is 15.7. The van der Waals surface area contributed by atoms with Crippen molar-refractivity contribution in [3.05, 3.63) is 52.8 Å². The second kappa shape index (κ2) is 6.87. The average Bonchev–Trinajstić information content (AvgIpc) is 3.13. The van der Waals surface area contributed by atoms with Crippen LogP contribution in [0.1, 0.15) is 35.2 Å². The third-order valence-electron chi connectivity index (χ3n) is 4.28. The fraction of sp³-hybridized carbons (Fsp3) is 0.471. The van der Waals surface area contributed by atoms with E-state index < -0.39 is 0 Å². The van der Waals surface area contributed by atoms with E-state index in [1.807, 2.05) is 6.20 Å². The quantitative estimate of drug-likeness (QED) is 0.857. The summed E-state index contributed by atoms with van der Waals surface area (Å²) in [6.45, 7) is 7.41. The summed E-state index contributed by atoms with van der Waals surface area (Å²) in [7, 11) is 0. The van der Waals surface area contributed by atoms with Crippen LogP contribution < -0.4 is 5.32 Å². The molecule has 21 heavy (non-hydrogen) atoms. The highest BCUT2D eigenvalue weighted by molar-refractivity contribution is 5.27. The number of aryl methyl sites for hydroxylation is 1. The van der Waals surface area contributed by atoms with E-state index in [2.05, 4.69) is 51.6 Å². The molecule has 2 heterocycles. The van der Waals surface area contributed by atoms with Gasteiger partial charge in [-0.3, -0.25) is 10.00 Å². The third kappa shape index (κ3) is 3.71. The van der Waals surface area contributed by atoms with Crippen LogP contribution in [0.2, 0.25) is 0 Å². The minimum Gasteiger partial charge on any atom is -0.308 e. The predicted octanol–water partition coefficient (Wildman–Crippen LogP) is 2.60. The van der Waals surface area contributed by atoms with Gasteiger partial charge in [0.2, 0.25) is 0 Å². The number of benzene rings is 1. The van der Waals surface area contributed by atoms with Crippen molar-refractivity contribution in [2.24, 2.45) is 0 Å². The number of H-pyrrole nitrogens is 1. The van der Waals surface area contributed by atoms with Gasteiger partial charge in [0.15, 0.2) is 0 Å². The van der Waals surface area contributed by atoms with Gasteiger partial charge in [-0.1, -0.05) is 24.3 Å². The summed E-state index contributed by atoms with van der Waals surface area (Å²) in [5, 5.41) is 10.6. The maximum Gasteiger partial charge on any atom is 0.0535 e. The van der Waals surface area contributed by atoms with Crippen LogP contribution in [0.4, 0.5) is 0 Å². The summed E-state index contributed by atoms with van der Waals surface area (Å²) in [4.78, 5) is 2.55. The molecule has 4 heteroatoms. The number of rotatable bonds is 6. The highest BCUT2D eigenvalue weighted by Gasteiger charge is 2.13. The summed E-state index contributed by atoms with van der Waals surface area (Å²) < 4.78 is 0. The number of nitrogens with zero attached hydrogens (tertiary/aromatic N) is 2. The van der Waals surface area contributed by atoms with Crippen molar-refractivity contribution in [2.75, 3.05) is 13.1 Å². The van der Waals surface area contributed by atoms with Gasteiger partial charge in [-0.05, 0) is 44.0 Å². The summed E-state index contributed by atoms with van der Waals surface area (Å²) >= 11 is 0. The van der Waals surface area contributed by atoms with Crippen molar-refractivity contribution in [1.82, 2.24) is 20.4 Å². The van der Waals surface area contributed by atoms with Gasteiger partial charge in [0, 0.05) is 30.9 Å². The lowest BCUT2D eigenvalue weighted by atomic mass is 10.1. The molecule has 0 saturated carbocycles. The summed E-state index contributed by atoms with van der Waals surface area (Å²) in [5.74, 6) is 0. The Kier molecular flexibility index (Phi) is 4.68. The molecule has 2 N–H and O–H groups in total. The smallest absolute Gasteiger partial charge is 0.0535 e. The van der Waals surface area contributed by atoms with Crippen LogP contribution in [0.5, 0.6) is 0 Å². The van der Waals surface area contributed by atoms with Gasteiger partial charge in [0.1, 0.15) is 0 Å². The molecule has 4 nitrogen and oxygen atoms in total. The zero-order chi connectivity index (χ0) is 14.5. The maximum absolute atomic E-state index is 4.06. The SMILES string of the molecule is Cc1[nH]ncc1CNCc1ccccc1CN1CCCC1. The molecule has 112 valence electrons. The minimum absolute atomic E-state index is 0.861. The first-order chi connectivity index (χ1) is 10.3. The van der Waals surface area contributed by atoms with E-state index >= 15 is 0 Å². The van der Waals surface area contributed by atoms with Crippen LogP contribution in [-0.2, 0) is 19.6 Å². The molecule has 1 fully saturated rings. The fourth-order valence-corrected chi connectivity index (χ4v) is 2.95. The van der Waals surface area contributed by atoms with Crippen molar-refractivity contribution in [1.29, 1.82) is 0 Å². The van der Waals surface area contributed by atoms with Gasteiger partial charge in [-0.15, -0.1) is 0 Å². The summed E-state index contributed by atoms with van der Waals surface area (Å²) in [6.07, 6.45) is 4.60. The average molecular weight is 284 g/mol. The first-order valence-electron chi connectivity index (χ1n) is 7.81. The predicted molar refractivity (Wildman–Crippen MR) is 84.8 cm³/mol. The summed E-state index contributed by atoms with van der Waals surface area (Å²) in [6, 6.07) is 8.78. The lowest BCUT2D eigenvalue weighted by Gasteiger charge is -2.17. The van der Waals surface area contributed by atoms with E-state index in [4.69, 9.17) is 0 Å². The van der Waals surface area contributed by atoms with Crippen LogP contribution in [0.25, 0.3) is 0 Å². The Morgan fingerprint density at radius 1 is 1.10 bits per heavy atom. The van der Waals surface area contributed by atoms with Crippen LogP contribution in [-0.4, -0.2) is 28.2 Å². The molecule has 0 amide bonds. The van der Waals surface area contributed by atoms with Crippen molar-refractivity contribution >= 4 is 0 Å². The first kappa shape index (κ1) is 14.3. The largest absolute Gasteiger partial charge is 0.308 e. The Morgan fingerprint density at radius 3 is 2.52 bits per heavy atom. The zero-order valence-corrected chi connectivity index (χ0v) is 12.7. The Labute approximate surface area is 126 Å². The number of aromatic amines is 1. The topological polar surface area (TPSA) is 44.0 Å². The van der Waals surface area contributed by atoms with Crippen molar-refractivity contribution < 1.29 is 0 Å². The molecule has 0 radical (unpaired) electrons. The van der Waals surface area contributed by atoms with Crippen molar-refractivity contribution in [2.45, 2.75) is 39.4 Å². The van der Waals surface area contributed by atoms with E-state index in [-0.39, 0.29) is 0 Å². The molecular weight excluding hydrogens is 260 g/mol. The van der Waals surface area contributed by atoms with Crippen molar-refractivity contribution in [3.8, 4) is 0 Å². The minimum atomic E-state index is 0.861. The van der Waals surface area contributed by atoms with Crippen molar-refractivity contribution in [3.63, 3.8) is 0 Å². The Balaban J connectivity index is 1.58. The number of nitrogens with one attached hydrogen (secondary N) is 2. The van der Waals surface area contributed by atoms with E-state index in [1.165, 1.54) is 42.6 Å². The second-order valence-corrected chi connectivity index (χ2v) is 5.88. The molecule has 0 aliphatic carbocycles. The van der Waals surface area contributed by atoms with Gasteiger partial charge in [0.25, 0.3) is 0 Å². The van der Waals surface area contributed by atoms with Gasteiger partial charge in [-0.25, -0.2) is 0 Å². The molecule has 3 rings (SSSR count). The van der Waals surface area contributed by atoms with E-state index in [9.17, 15) is 0 Å². The van der Waals surface area contributed by atoms with E-state index in [0.717, 1.165) is 25.3 Å². The molecule has 0 bridgehead atoms. The Morgan fingerprint density at radius 2 is 1.81 bits per heavy atom. The Hall–Kier alpha value is -1.65. The molecule has 1 saturated heterocycles.